The van der Waals surface area contributed by atoms with Crippen molar-refractivity contribution in [1.82, 2.24) is 9.47 Å². The summed E-state index contributed by atoms with van der Waals surface area (Å²) in [7, 11) is 2.08. The topological polar surface area (TPSA) is 28.5 Å². The molecule has 1 saturated heterocycles. The van der Waals surface area contributed by atoms with Crippen molar-refractivity contribution in [1.29, 1.82) is 0 Å². The van der Waals surface area contributed by atoms with Gasteiger partial charge in [0.1, 0.15) is 0 Å². The number of rotatable bonds is 4. The lowest BCUT2D eigenvalue weighted by Gasteiger charge is -2.25. The van der Waals surface area contributed by atoms with Crippen LogP contribution < -0.4 is 4.90 Å². The number of anilines is 1. The molecule has 0 bridgehead atoms. The zero-order chi connectivity index (χ0) is 19.1. The Morgan fingerprint density at radius 2 is 1.71 bits per heavy atom. The van der Waals surface area contributed by atoms with Crippen LogP contribution in [-0.4, -0.2) is 28.5 Å². The maximum absolute atomic E-state index is 13.7. The predicted molar refractivity (Wildman–Crippen MR) is 111 cm³/mol. The molecule has 142 valence electrons. The minimum atomic E-state index is -0.406. The molecule has 1 aromatic heterocycles. The standard InChI is InChI=1S/C24H25N3O/c1-25-14-7-10-20(25)17-26-15-13-24(18-26)21-11-5-6-12-22(21)27(23(24)28)16-19-8-3-2-4-9-19/h2-12,14H,13,15-18H2,1H3. The van der Waals surface area contributed by atoms with Crippen LogP contribution in [-0.2, 0) is 30.3 Å². The summed E-state index contributed by atoms with van der Waals surface area (Å²) in [6.07, 6.45) is 2.97. The van der Waals surface area contributed by atoms with Crippen LogP contribution in [0.15, 0.2) is 72.9 Å². The van der Waals surface area contributed by atoms with Crippen LogP contribution in [0.1, 0.15) is 23.2 Å². The fourth-order valence-electron chi connectivity index (χ4n) is 4.83. The molecule has 1 spiro atoms. The Labute approximate surface area is 166 Å². The van der Waals surface area contributed by atoms with Gasteiger partial charge in [0, 0.05) is 44.3 Å². The van der Waals surface area contributed by atoms with Gasteiger partial charge in [-0.05, 0) is 35.7 Å². The third-order valence-electron chi connectivity index (χ3n) is 6.33. The highest BCUT2D eigenvalue weighted by atomic mass is 16.2. The largest absolute Gasteiger partial charge is 0.353 e. The first kappa shape index (κ1) is 17.3. The van der Waals surface area contributed by atoms with Crippen LogP contribution in [0.3, 0.4) is 0 Å². The van der Waals surface area contributed by atoms with Crippen molar-refractivity contribution in [2.24, 2.45) is 7.05 Å². The van der Waals surface area contributed by atoms with Gasteiger partial charge in [-0.2, -0.15) is 0 Å². The van der Waals surface area contributed by atoms with Crippen LogP contribution in [0.25, 0.3) is 0 Å². The van der Waals surface area contributed by atoms with Gasteiger partial charge in [-0.15, -0.1) is 0 Å². The van der Waals surface area contributed by atoms with Crippen LogP contribution in [0.2, 0.25) is 0 Å². The molecular formula is C24H25N3O. The number of nitrogens with zero attached hydrogens (tertiary/aromatic N) is 3. The molecule has 3 aromatic rings. The molecule has 0 radical (unpaired) electrons. The zero-order valence-corrected chi connectivity index (χ0v) is 16.2. The summed E-state index contributed by atoms with van der Waals surface area (Å²) in [6, 6.07) is 22.9. The quantitative estimate of drug-likeness (QED) is 0.699. The lowest BCUT2D eigenvalue weighted by atomic mass is 9.81. The molecule has 0 N–H and O–H groups in total. The number of benzene rings is 2. The van der Waals surface area contributed by atoms with Crippen molar-refractivity contribution in [2.45, 2.75) is 24.9 Å². The van der Waals surface area contributed by atoms with E-state index in [4.69, 9.17) is 0 Å². The number of para-hydroxylation sites is 1. The Kier molecular flexibility index (Phi) is 4.09. The van der Waals surface area contributed by atoms with Crippen molar-refractivity contribution >= 4 is 11.6 Å². The van der Waals surface area contributed by atoms with Gasteiger partial charge in [-0.25, -0.2) is 0 Å². The number of likely N-dealkylation sites (tertiary alicyclic amines) is 1. The molecule has 4 heteroatoms. The normalized spacial score (nSPS) is 21.6. The van der Waals surface area contributed by atoms with E-state index in [1.54, 1.807) is 0 Å². The van der Waals surface area contributed by atoms with E-state index in [1.807, 2.05) is 29.2 Å². The average molecular weight is 371 g/mol. The molecule has 1 unspecified atom stereocenters. The SMILES string of the molecule is Cn1cccc1CN1CCC2(C1)C(=O)N(Cc1ccccc1)c1ccccc12. The van der Waals surface area contributed by atoms with Gasteiger partial charge in [0.05, 0.1) is 12.0 Å². The second kappa shape index (κ2) is 6.64. The first-order valence-electron chi connectivity index (χ1n) is 9.95. The second-order valence-corrected chi connectivity index (χ2v) is 8.05. The van der Waals surface area contributed by atoms with Gasteiger partial charge >= 0.3 is 0 Å². The molecule has 2 aromatic carbocycles. The smallest absolute Gasteiger partial charge is 0.239 e. The third kappa shape index (κ3) is 2.68. The van der Waals surface area contributed by atoms with Crippen LogP contribution in [0.5, 0.6) is 0 Å². The predicted octanol–water partition coefficient (Wildman–Crippen LogP) is 3.72. The minimum Gasteiger partial charge on any atom is -0.353 e. The van der Waals surface area contributed by atoms with Crippen molar-refractivity contribution in [2.75, 3.05) is 18.0 Å². The summed E-state index contributed by atoms with van der Waals surface area (Å²) in [5, 5.41) is 0. The zero-order valence-electron chi connectivity index (χ0n) is 16.2. The number of aryl methyl sites for hydroxylation is 1. The highest BCUT2D eigenvalue weighted by Crippen LogP contribution is 2.47. The molecule has 28 heavy (non-hydrogen) atoms. The molecule has 2 aliphatic rings. The minimum absolute atomic E-state index is 0.256. The van der Waals surface area contributed by atoms with Gasteiger partial charge in [0.2, 0.25) is 5.91 Å². The molecule has 1 atom stereocenters. The van der Waals surface area contributed by atoms with Gasteiger partial charge < -0.3 is 9.47 Å². The van der Waals surface area contributed by atoms with Crippen molar-refractivity contribution in [3.63, 3.8) is 0 Å². The van der Waals surface area contributed by atoms with Gasteiger partial charge in [0.15, 0.2) is 0 Å². The van der Waals surface area contributed by atoms with E-state index in [2.05, 4.69) is 65.2 Å². The number of carbonyl (C=O) groups excluding carboxylic acids is 1. The maximum Gasteiger partial charge on any atom is 0.239 e. The molecule has 3 heterocycles. The summed E-state index contributed by atoms with van der Waals surface area (Å²) in [5.74, 6) is 0.256. The van der Waals surface area contributed by atoms with E-state index in [-0.39, 0.29) is 5.91 Å². The highest BCUT2D eigenvalue weighted by Gasteiger charge is 2.54. The third-order valence-corrected chi connectivity index (χ3v) is 6.33. The molecule has 1 amide bonds. The van der Waals surface area contributed by atoms with Crippen LogP contribution >= 0.6 is 0 Å². The van der Waals surface area contributed by atoms with Gasteiger partial charge in [0.25, 0.3) is 0 Å². The van der Waals surface area contributed by atoms with Crippen molar-refractivity contribution in [3.05, 3.63) is 89.7 Å². The van der Waals surface area contributed by atoms with Crippen LogP contribution in [0, 0.1) is 0 Å². The Morgan fingerprint density at radius 3 is 2.50 bits per heavy atom. The summed E-state index contributed by atoms with van der Waals surface area (Å²) in [5.41, 5.74) is 4.33. The summed E-state index contributed by atoms with van der Waals surface area (Å²) in [4.78, 5) is 18.1. The first-order valence-corrected chi connectivity index (χ1v) is 9.95. The lowest BCUT2D eigenvalue weighted by molar-refractivity contribution is -0.123. The van der Waals surface area contributed by atoms with E-state index < -0.39 is 5.41 Å². The first-order chi connectivity index (χ1) is 13.7. The molecule has 5 rings (SSSR count). The van der Waals surface area contributed by atoms with Gasteiger partial charge in [-0.1, -0.05) is 48.5 Å². The van der Waals surface area contributed by atoms with E-state index >= 15 is 0 Å². The number of fused-ring (bicyclic) bond motifs is 2. The summed E-state index contributed by atoms with van der Waals surface area (Å²) < 4.78 is 2.16. The molecule has 0 aliphatic carbocycles. The fraction of sp³-hybridized carbons (Fsp3) is 0.292. The number of hydrogen-bond acceptors (Lipinski definition) is 2. The molecule has 1 fully saturated rings. The summed E-state index contributed by atoms with van der Waals surface area (Å²) >= 11 is 0. The Balaban J connectivity index is 1.45. The highest BCUT2D eigenvalue weighted by molar-refractivity contribution is 6.08. The molecule has 4 nitrogen and oxygen atoms in total. The van der Waals surface area contributed by atoms with Crippen molar-refractivity contribution < 1.29 is 4.79 Å². The van der Waals surface area contributed by atoms with E-state index in [9.17, 15) is 4.79 Å². The molecular weight excluding hydrogens is 346 g/mol. The molecule has 2 aliphatic heterocycles. The number of amides is 1. The Bertz CT molecular complexity index is 1010. The van der Waals surface area contributed by atoms with Crippen LogP contribution in [0.4, 0.5) is 5.69 Å². The monoisotopic (exact) mass is 371 g/mol. The van der Waals surface area contributed by atoms with Crippen molar-refractivity contribution in [3.8, 4) is 0 Å². The Morgan fingerprint density at radius 1 is 0.929 bits per heavy atom. The lowest BCUT2D eigenvalue weighted by Crippen LogP contribution is -2.42. The molecule has 0 saturated carbocycles. The van der Waals surface area contributed by atoms with Gasteiger partial charge in [-0.3, -0.25) is 9.69 Å². The average Bonchev–Trinajstić information content (AvgIpc) is 3.39. The summed E-state index contributed by atoms with van der Waals surface area (Å²) in [6.45, 7) is 3.26. The number of hydrogen-bond donors (Lipinski definition) is 0. The van der Waals surface area contributed by atoms with E-state index in [0.29, 0.717) is 6.54 Å². The van der Waals surface area contributed by atoms with E-state index in [1.165, 1.54) is 16.8 Å². The van der Waals surface area contributed by atoms with E-state index in [0.717, 1.165) is 31.7 Å². The number of carbonyl (C=O) groups is 1. The number of aromatic nitrogens is 1. The fourth-order valence-corrected chi connectivity index (χ4v) is 4.83. The second-order valence-electron chi connectivity index (χ2n) is 8.05. The maximum atomic E-state index is 13.7. The Hall–Kier alpha value is -2.85.